The summed E-state index contributed by atoms with van der Waals surface area (Å²) in [5, 5.41) is 6.76. The lowest BCUT2D eigenvalue weighted by Gasteiger charge is -2.17. The topological polar surface area (TPSA) is 48.9 Å². The molecule has 0 amide bonds. The summed E-state index contributed by atoms with van der Waals surface area (Å²) in [6.07, 6.45) is 3.67. The molecule has 2 N–H and O–H groups in total. The minimum Gasteiger partial charge on any atom is -0.380 e. The highest BCUT2D eigenvalue weighted by atomic mass is 127. The number of hydrogen-bond donors (Lipinski definition) is 2. The maximum Gasteiger partial charge on any atom is 0.191 e. The van der Waals surface area contributed by atoms with E-state index in [0.29, 0.717) is 5.92 Å². The molecule has 1 aliphatic rings. The highest BCUT2D eigenvalue weighted by Gasteiger charge is 2.21. The van der Waals surface area contributed by atoms with Crippen molar-refractivity contribution < 1.29 is 4.74 Å². The van der Waals surface area contributed by atoms with Gasteiger partial charge in [-0.3, -0.25) is 4.99 Å². The fourth-order valence-electron chi connectivity index (χ4n) is 2.72. The molecule has 1 saturated heterocycles. The van der Waals surface area contributed by atoms with Crippen LogP contribution in [0, 0.1) is 11.8 Å². The molecule has 1 rings (SSSR count). The summed E-state index contributed by atoms with van der Waals surface area (Å²) in [6, 6.07) is 0. The molecule has 1 unspecified atom stereocenters. The van der Waals surface area contributed by atoms with Gasteiger partial charge in [0, 0.05) is 33.3 Å². The highest BCUT2D eigenvalue weighted by molar-refractivity contribution is 14.0. The van der Waals surface area contributed by atoms with Crippen molar-refractivity contribution >= 4 is 29.9 Å². The Labute approximate surface area is 160 Å². The van der Waals surface area contributed by atoms with Crippen molar-refractivity contribution in [3.05, 3.63) is 0 Å². The Morgan fingerprint density at radius 2 is 2.09 bits per heavy atom. The number of hydrogen-bond acceptors (Lipinski definition) is 3. The van der Waals surface area contributed by atoms with E-state index in [0.717, 1.165) is 44.6 Å². The second-order valence-corrected chi connectivity index (χ2v) is 6.63. The van der Waals surface area contributed by atoms with Crippen LogP contribution in [0.1, 0.15) is 40.0 Å². The molecule has 0 aliphatic carbocycles. The Kier molecular flexibility index (Phi) is 14.2. The Morgan fingerprint density at radius 1 is 1.30 bits per heavy atom. The summed E-state index contributed by atoms with van der Waals surface area (Å²) < 4.78 is 5.61. The predicted molar refractivity (Wildman–Crippen MR) is 110 cm³/mol. The van der Waals surface area contributed by atoms with Crippen molar-refractivity contribution in [2.24, 2.45) is 16.8 Å². The number of rotatable bonds is 10. The number of nitrogens with one attached hydrogen (secondary N) is 2. The van der Waals surface area contributed by atoms with Gasteiger partial charge in [-0.25, -0.2) is 0 Å². The summed E-state index contributed by atoms with van der Waals surface area (Å²) in [5.41, 5.74) is 0. The zero-order valence-electron chi connectivity index (χ0n) is 15.4. The van der Waals surface area contributed by atoms with Crippen LogP contribution < -0.4 is 10.6 Å². The van der Waals surface area contributed by atoms with Crippen LogP contribution in [0.15, 0.2) is 4.99 Å². The van der Waals surface area contributed by atoms with Crippen molar-refractivity contribution in [3.8, 4) is 0 Å². The van der Waals surface area contributed by atoms with Gasteiger partial charge >= 0.3 is 0 Å². The van der Waals surface area contributed by atoms with Gasteiger partial charge in [-0.15, -0.1) is 24.0 Å². The summed E-state index contributed by atoms with van der Waals surface area (Å²) in [5.74, 6) is 2.34. The van der Waals surface area contributed by atoms with Crippen LogP contribution in [-0.4, -0.2) is 63.8 Å². The second-order valence-electron chi connectivity index (χ2n) is 6.63. The van der Waals surface area contributed by atoms with E-state index >= 15 is 0 Å². The van der Waals surface area contributed by atoms with Gasteiger partial charge in [-0.05, 0) is 44.2 Å². The van der Waals surface area contributed by atoms with Crippen molar-refractivity contribution in [2.75, 3.05) is 53.0 Å². The van der Waals surface area contributed by atoms with E-state index in [2.05, 4.69) is 41.3 Å². The summed E-state index contributed by atoms with van der Waals surface area (Å²) >= 11 is 0. The molecule has 5 nitrogen and oxygen atoms in total. The zero-order valence-corrected chi connectivity index (χ0v) is 17.8. The first-order valence-corrected chi connectivity index (χ1v) is 8.90. The van der Waals surface area contributed by atoms with Crippen molar-refractivity contribution in [3.63, 3.8) is 0 Å². The summed E-state index contributed by atoms with van der Waals surface area (Å²) in [6.45, 7) is 13.8. The van der Waals surface area contributed by atoms with E-state index in [-0.39, 0.29) is 24.0 Å². The minimum absolute atomic E-state index is 0. The minimum atomic E-state index is 0. The Hall–Kier alpha value is -0.0800. The first-order valence-electron chi connectivity index (χ1n) is 8.90. The lowest BCUT2D eigenvalue weighted by Crippen LogP contribution is -2.41. The van der Waals surface area contributed by atoms with E-state index in [1.165, 1.54) is 32.5 Å². The van der Waals surface area contributed by atoms with E-state index in [4.69, 9.17) is 4.74 Å². The third kappa shape index (κ3) is 11.2. The number of aliphatic imine (C=N–C) groups is 1. The van der Waals surface area contributed by atoms with Gasteiger partial charge in [0.05, 0.1) is 6.61 Å². The summed E-state index contributed by atoms with van der Waals surface area (Å²) in [7, 11) is 1.83. The number of nitrogens with zero attached hydrogens (tertiary/aromatic N) is 2. The van der Waals surface area contributed by atoms with Crippen LogP contribution in [0.3, 0.4) is 0 Å². The fraction of sp³-hybridized carbons (Fsp3) is 0.941. The van der Waals surface area contributed by atoms with E-state index in [1.54, 1.807) is 0 Å². The van der Waals surface area contributed by atoms with Crippen LogP contribution in [0.5, 0.6) is 0 Å². The van der Waals surface area contributed by atoms with Crippen LogP contribution in [0.25, 0.3) is 0 Å². The molecule has 1 heterocycles. The molecule has 0 aromatic heterocycles. The smallest absolute Gasteiger partial charge is 0.191 e. The molecule has 0 aromatic rings. The third-order valence-corrected chi connectivity index (χ3v) is 4.07. The van der Waals surface area contributed by atoms with Gasteiger partial charge in [0.25, 0.3) is 0 Å². The average molecular weight is 440 g/mol. The predicted octanol–water partition coefficient (Wildman–Crippen LogP) is 2.56. The van der Waals surface area contributed by atoms with Crippen LogP contribution >= 0.6 is 24.0 Å². The molecule has 0 bridgehead atoms. The molecular formula is C17H37IN4O. The van der Waals surface area contributed by atoms with E-state index in [1.807, 2.05) is 7.05 Å². The SMILES string of the molecule is CCCN1CCC(CNC(=NC)NCCOCCC(C)C)C1.I. The molecule has 1 fully saturated rings. The zero-order chi connectivity index (χ0) is 16.2. The van der Waals surface area contributed by atoms with Gasteiger partial charge in [0.1, 0.15) is 0 Å². The Balaban J connectivity index is 0.00000484. The van der Waals surface area contributed by atoms with Crippen LogP contribution in [0.2, 0.25) is 0 Å². The van der Waals surface area contributed by atoms with Crippen molar-refractivity contribution in [2.45, 2.75) is 40.0 Å². The maximum atomic E-state index is 5.61. The number of guanidine groups is 1. The second kappa shape index (κ2) is 14.3. The largest absolute Gasteiger partial charge is 0.380 e. The highest BCUT2D eigenvalue weighted by Crippen LogP contribution is 2.15. The molecule has 138 valence electrons. The first-order chi connectivity index (χ1) is 10.7. The van der Waals surface area contributed by atoms with Crippen LogP contribution in [-0.2, 0) is 4.74 Å². The molecule has 0 radical (unpaired) electrons. The molecule has 1 aliphatic heterocycles. The fourth-order valence-corrected chi connectivity index (χ4v) is 2.72. The molecular weight excluding hydrogens is 403 g/mol. The summed E-state index contributed by atoms with van der Waals surface area (Å²) in [4.78, 5) is 6.84. The van der Waals surface area contributed by atoms with Gasteiger partial charge in [0.15, 0.2) is 5.96 Å². The normalized spacial score (nSPS) is 19.0. The number of ether oxygens (including phenoxy) is 1. The van der Waals surface area contributed by atoms with Gasteiger partial charge in [-0.1, -0.05) is 20.8 Å². The standard InChI is InChI=1S/C17H36N4O.HI/c1-5-9-21-10-6-16(14-21)13-20-17(18-4)19-8-12-22-11-7-15(2)3;/h15-16H,5-14H2,1-4H3,(H2,18,19,20);1H. The molecule has 1 atom stereocenters. The van der Waals surface area contributed by atoms with Crippen LogP contribution in [0.4, 0.5) is 0 Å². The Bertz CT molecular complexity index is 313. The Morgan fingerprint density at radius 3 is 2.74 bits per heavy atom. The molecule has 0 saturated carbocycles. The van der Waals surface area contributed by atoms with Gasteiger partial charge in [-0.2, -0.15) is 0 Å². The quantitative estimate of drug-likeness (QED) is 0.237. The van der Waals surface area contributed by atoms with Gasteiger partial charge < -0.3 is 20.3 Å². The number of likely N-dealkylation sites (tertiary alicyclic amines) is 1. The first kappa shape index (κ1) is 22.9. The lowest BCUT2D eigenvalue weighted by atomic mass is 10.1. The molecule has 6 heteroatoms. The monoisotopic (exact) mass is 440 g/mol. The van der Waals surface area contributed by atoms with Gasteiger partial charge in [0.2, 0.25) is 0 Å². The molecule has 23 heavy (non-hydrogen) atoms. The lowest BCUT2D eigenvalue weighted by molar-refractivity contribution is 0.128. The average Bonchev–Trinajstić information content (AvgIpc) is 2.93. The van der Waals surface area contributed by atoms with Crippen molar-refractivity contribution in [1.29, 1.82) is 0 Å². The molecule has 0 spiro atoms. The van der Waals surface area contributed by atoms with E-state index < -0.39 is 0 Å². The molecule has 0 aromatic carbocycles. The van der Waals surface area contributed by atoms with E-state index in [9.17, 15) is 0 Å². The number of halogens is 1. The third-order valence-electron chi connectivity index (χ3n) is 4.07. The van der Waals surface area contributed by atoms with Crippen molar-refractivity contribution in [1.82, 2.24) is 15.5 Å². The maximum absolute atomic E-state index is 5.61.